The summed E-state index contributed by atoms with van der Waals surface area (Å²) in [6.45, 7) is -0.405. The van der Waals surface area contributed by atoms with Gasteiger partial charge in [0.15, 0.2) is 23.5 Å². The predicted octanol–water partition coefficient (Wildman–Crippen LogP) is 0.353. The maximum absolute atomic E-state index is 10.2. The van der Waals surface area contributed by atoms with Crippen molar-refractivity contribution in [3.8, 4) is 10.7 Å². The van der Waals surface area contributed by atoms with E-state index >= 15 is 0 Å². The zero-order valence-corrected chi connectivity index (χ0v) is 15.6. The number of anilines is 1. The zero-order chi connectivity index (χ0) is 17.7. The number of hydrogen-bond donors (Lipinski definition) is 4. The standard InChI is InChI=1S/C14H14IN5O4S/c15-7-2-1-6(25-7)12-18-11(16)8-13(19-12)20(4-17-8)14-10(23)9(22)5(3-21)24-14/h1-2,4-5,9-10,14,21-23H,3H2,(H2,16,18,19)/t5-,9-,10-,14-/m1/s1. The maximum Gasteiger partial charge on any atom is 0.174 e. The topological polar surface area (TPSA) is 140 Å². The highest BCUT2D eigenvalue weighted by molar-refractivity contribution is 14.1. The molecule has 132 valence electrons. The first kappa shape index (κ1) is 17.1. The largest absolute Gasteiger partial charge is 0.394 e. The average molecular weight is 475 g/mol. The molecular weight excluding hydrogens is 461 g/mol. The summed E-state index contributed by atoms with van der Waals surface area (Å²) >= 11 is 3.74. The van der Waals surface area contributed by atoms with Crippen LogP contribution in [0, 0.1) is 2.88 Å². The van der Waals surface area contributed by atoms with Crippen molar-refractivity contribution in [3.05, 3.63) is 21.3 Å². The van der Waals surface area contributed by atoms with Crippen LogP contribution in [0.4, 0.5) is 5.82 Å². The molecule has 0 spiro atoms. The average Bonchev–Trinajstić information content (AvgIpc) is 3.27. The van der Waals surface area contributed by atoms with E-state index in [-0.39, 0.29) is 5.82 Å². The van der Waals surface area contributed by atoms with Gasteiger partial charge in [-0.3, -0.25) is 4.57 Å². The van der Waals surface area contributed by atoms with Crippen LogP contribution in [0.2, 0.25) is 0 Å². The number of aromatic nitrogens is 4. The van der Waals surface area contributed by atoms with Crippen LogP contribution in [0.3, 0.4) is 0 Å². The highest BCUT2D eigenvalue weighted by atomic mass is 127. The highest BCUT2D eigenvalue weighted by Gasteiger charge is 2.44. The molecule has 0 saturated carbocycles. The summed E-state index contributed by atoms with van der Waals surface area (Å²) < 4.78 is 8.14. The number of thiophene rings is 1. The van der Waals surface area contributed by atoms with E-state index in [4.69, 9.17) is 10.5 Å². The number of ether oxygens (including phenoxy) is 1. The van der Waals surface area contributed by atoms with Crippen LogP contribution in [0.25, 0.3) is 21.9 Å². The van der Waals surface area contributed by atoms with Gasteiger partial charge < -0.3 is 25.8 Å². The fraction of sp³-hybridized carbons (Fsp3) is 0.357. The van der Waals surface area contributed by atoms with E-state index in [1.807, 2.05) is 12.1 Å². The molecule has 0 bridgehead atoms. The van der Waals surface area contributed by atoms with Crippen molar-refractivity contribution in [2.24, 2.45) is 0 Å². The molecule has 3 aromatic heterocycles. The van der Waals surface area contributed by atoms with Gasteiger partial charge in [0.25, 0.3) is 0 Å². The number of nitrogens with two attached hydrogens (primary N) is 1. The quantitative estimate of drug-likeness (QED) is 0.398. The lowest BCUT2D eigenvalue weighted by Gasteiger charge is -2.16. The Hall–Kier alpha value is -1.38. The molecule has 1 aliphatic rings. The maximum atomic E-state index is 10.2. The van der Waals surface area contributed by atoms with Crippen LogP contribution < -0.4 is 5.73 Å². The Morgan fingerprint density at radius 1 is 1.28 bits per heavy atom. The summed E-state index contributed by atoms with van der Waals surface area (Å²) in [4.78, 5) is 13.9. The van der Waals surface area contributed by atoms with Crippen molar-refractivity contribution in [3.63, 3.8) is 0 Å². The van der Waals surface area contributed by atoms with Gasteiger partial charge in [-0.25, -0.2) is 15.0 Å². The molecule has 1 saturated heterocycles. The second-order valence-corrected chi connectivity index (χ2v) is 8.57. The molecule has 0 unspecified atom stereocenters. The third kappa shape index (κ3) is 2.80. The third-order valence-electron chi connectivity index (χ3n) is 4.03. The molecule has 11 heteroatoms. The molecule has 25 heavy (non-hydrogen) atoms. The lowest BCUT2D eigenvalue weighted by molar-refractivity contribution is -0.0511. The number of imidazole rings is 1. The first-order chi connectivity index (χ1) is 12.0. The molecule has 3 aromatic rings. The summed E-state index contributed by atoms with van der Waals surface area (Å²) in [7, 11) is 0. The van der Waals surface area contributed by atoms with Gasteiger partial charge in [-0.2, -0.15) is 0 Å². The smallest absolute Gasteiger partial charge is 0.174 e. The SMILES string of the molecule is Nc1nc(-c2ccc(I)s2)nc2c1ncn2[C@@H]1O[C@H](CO)[C@@H](O)[C@H]1O. The predicted molar refractivity (Wildman–Crippen MR) is 98.8 cm³/mol. The first-order valence-electron chi connectivity index (χ1n) is 7.38. The van der Waals surface area contributed by atoms with Crippen molar-refractivity contribution < 1.29 is 20.1 Å². The van der Waals surface area contributed by atoms with E-state index in [2.05, 4.69) is 37.5 Å². The normalized spacial score (nSPS) is 26.6. The molecule has 4 heterocycles. The van der Waals surface area contributed by atoms with Crippen LogP contribution in [0.15, 0.2) is 18.5 Å². The Balaban J connectivity index is 1.82. The fourth-order valence-corrected chi connectivity index (χ4v) is 4.34. The number of rotatable bonds is 3. The number of nitrogen functional groups attached to an aromatic ring is 1. The zero-order valence-electron chi connectivity index (χ0n) is 12.7. The number of fused-ring (bicyclic) bond motifs is 1. The summed E-state index contributed by atoms with van der Waals surface area (Å²) in [5.41, 5.74) is 6.78. The molecule has 9 nitrogen and oxygen atoms in total. The second kappa shape index (κ2) is 6.41. The minimum atomic E-state index is -1.23. The summed E-state index contributed by atoms with van der Waals surface area (Å²) in [5, 5.41) is 29.5. The molecule has 0 amide bonds. The van der Waals surface area contributed by atoms with Crippen LogP contribution in [-0.2, 0) is 4.74 Å². The summed E-state index contributed by atoms with van der Waals surface area (Å²) in [5.74, 6) is 0.667. The summed E-state index contributed by atoms with van der Waals surface area (Å²) in [6, 6.07) is 3.86. The Labute approximate surface area is 159 Å². The second-order valence-electron chi connectivity index (χ2n) is 5.59. The van der Waals surface area contributed by atoms with Crippen LogP contribution in [0.5, 0.6) is 0 Å². The molecule has 0 radical (unpaired) electrons. The number of halogens is 1. The Morgan fingerprint density at radius 2 is 2.08 bits per heavy atom. The number of hydrogen-bond acceptors (Lipinski definition) is 9. The van der Waals surface area contributed by atoms with Gasteiger partial charge in [0.1, 0.15) is 23.8 Å². The Morgan fingerprint density at radius 3 is 2.72 bits per heavy atom. The highest BCUT2D eigenvalue weighted by Crippen LogP contribution is 2.33. The lowest BCUT2D eigenvalue weighted by Crippen LogP contribution is -2.33. The van der Waals surface area contributed by atoms with Gasteiger partial charge in [0, 0.05) is 0 Å². The van der Waals surface area contributed by atoms with Gasteiger partial charge in [-0.1, -0.05) is 0 Å². The molecular formula is C14H14IN5O4S. The minimum absolute atomic E-state index is 0.217. The number of nitrogens with zero attached hydrogens (tertiary/aromatic N) is 4. The molecule has 1 fully saturated rings. The monoisotopic (exact) mass is 475 g/mol. The van der Waals surface area contributed by atoms with Crippen LogP contribution in [0.1, 0.15) is 6.23 Å². The van der Waals surface area contributed by atoms with Gasteiger partial charge in [0.05, 0.1) is 20.7 Å². The van der Waals surface area contributed by atoms with Crippen molar-refractivity contribution in [1.29, 1.82) is 0 Å². The van der Waals surface area contributed by atoms with E-state index in [0.717, 1.165) is 7.76 Å². The van der Waals surface area contributed by atoms with E-state index in [0.29, 0.717) is 17.0 Å². The Kier molecular flexibility index (Phi) is 4.37. The minimum Gasteiger partial charge on any atom is -0.394 e. The number of aliphatic hydroxyl groups excluding tert-OH is 3. The van der Waals surface area contributed by atoms with Gasteiger partial charge in [-0.05, 0) is 34.7 Å². The molecule has 0 aromatic carbocycles. The van der Waals surface area contributed by atoms with Crippen molar-refractivity contribution in [1.82, 2.24) is 19.5 Å². The van der Waals surface area contributed by atoms with Crippen molar-refractivity contribution in [2.75, 3.05) is 12.3 Å². The van der Waals surface area contributed by atoms with Gasteiger partial charge >= 0.3 is 0 Å². The van der Waals surface area contributed by atoms with Crippen molar-refractivity contribution >= 4 is 50.9 Å². The molecule has 4 rings (SSSR count). The van der Waals surface area contributed by atoms with E-state index in [9.17, 15) is 15.3 Å². The van der Waals surface area contributed by atoms with Crippen molar-refractivity contribution in [2.45, 2.75) is 24.5 Å². The molecule has 1 aliphatic heterocycles. The fourth-order valence-electron chi connectivity index (χ4n) is 2.78. The van der Waals surface area contributed by atoms with E-state index in [1.165, 1.54) is 22.2 Å². The van der Waals surface area contributed by atoms with Gasteiger partial charge in [0.2, 0.25) is 0 Å². The molecule has 0 aliphatic carbocycles. The van der Waals surface area contributed by atoms with Gasteiger partial charge in [-0.15, -0.1) is 11.3 Å². The lowest BCUT2D eigenvalue weighted by atomic mass is 10.1. The third-order valence-corrected chi connectivity index (χ3v) is 5.92. The summed E-state index contributed by atoms with van der Waals surface area (Å²) in [6.07, 6.45) is -2.81. The van der Waals surface area contributed by atoms with Crippen LogP contribution >= 0.6 is 33.9 Å². The van der Waals surface area contributed by atoms with E-state index < -0.39 is 31.1 Å². The molecule has 4 atom stereocenters. The molecule has 5 N–H and O–H groups in total. The first-order valence-corrected chi connectivity index (χ1v) is 9.27. The Bertz CT molecular complexity index is 931. The van der Waals surface area contributed by atoms with Crippen LogP contribution in [-0.4, -0.2) is 59.8 Å². The number of aliphatic hydroxyl groups is 3. The van der Waals surface area contributed by atoms with E-state index in [1.54, 1.807) is 0 Å².